The van der Waals surface area contributed by atoms with Crippen LogP contribution in [0.3, 0.4) is 0 Å². The number of hydrogen-bond acceptors (Lipinski definition) is 8. The van der Waals surface area contributed by atoms with Crippen LogP contribution in [0.4, 0.5) is 4.79 Å². The third-order valence-corrected chi connectivity index (χ3v) is 6.28. The molecular formula is C19H25BClN3O8. The van der Waals surface area contributed by atoms with E-state index in [-0.39, 0.29) is 42.5 Å². The van der Waals surface area contributed by atoms with Crippen molar-refractivity contribution in [2.24, 2.45) is 0 Å². The number of likely N-dealkylation sites (tertiary alicyclic amines) is 1. The molecule has 3 heterocycles. The molecule has 2 fully saturated rings. The van der Waals surface area contributed by atoms with E-state index in [1.165, 1.54) is 13.2 Å². The van der Waals surface area contributed by atoms with Crippen molar-refractivity contribution in [2.75, 3.05) is 33.4 Å². The number of carboxylic acid groups (broad SMARTS) is 1. The number of urea groups is 1. The SMILES string of the molecule is COc1ccc2c(c1C(=O)O)OB(O)[C@@H](N1C(=O)NC3(CCN(CCO)CC3)C1=O)C2.Cl. The molecule has 11 nitrogen and oxygen atoms in total. The van der Waals surface area contributed by atoms with Crippen LogP contribution < -0.4 is 14.7 Å². The van der Waals surface area contributed by atoms with E-state index >= 15 is 0 Å². The van der Waals surface area contributed by atoms with E-state index in [9.17, 15) is 24.5 Å². The summed E-state index contributed by atoms with van der Waals surface area (Å²) in [6.07, 6.45) is 0.843. The number of nitrogens with zero attached hydrogens (tertiary/aromatic N) is 2. The third kappa shape index (κ3) is 3.87. The lowest BCUT2D eigenvalue weighted by Gasteiger charge is -2.38. The van der Waals surface area contributed by atoms with Gasteiger partial charge in [0.05, 0.1) is 19.7 Å². The predicted octanol–water partition coefficient (Wildman–Crippen LogP) is -0.483. The van der Waals surface area contributed by atoms with E-state index in [1.807, 2.05) is 4.90 Å². The third-order valence-electron chi connectivity index (χ3n) is 6.28. The first-order valence-electron chi connectivity index (χ1n) is 10.1. The number of aromatic carboxylic acids is 1. The van der Waals surface area contributed by atoms with Crippen molar-refractivity contribution in [3.05, 3.63) is 23.3 Å². The molecule has 1 aromatic carbocycles. The van der Waals surface area contributed by atoms with Crippen molar-refractivity contribution in [3.63, 3.8) is 0 Å². The summed E-state index contributed by atoms with van der Waals surface area (Å²) in [5.74, 6) is -2.65. The van der Waals surface area contributed by atoms with E-state index in [0.717, 1.165) is 4.90 Å². The van der Waals surface area contributed by atoms with Crippen molar-refractivity contribution in [1.29, 1.82) is 0 Å². The lowest BCUT2D eigenvalue weighted by molar-refractivity contribution is -0.134. The number of carbonyl (C=O) groups excluding carboxylic acids is 2. The molecule has 3 amide bonds. The second-order valence-electron chi connectivity index (χ2n) is 7.97. The molecule has 2 saturated heterocycles. The number of aliphatic hydroxyl groups excluding tert-OH is 1. The van der Waals surface area contributed by atoms with Gasteiger partial charge in [-0.15, -0.1) is 12.4 Å². The average molecular weight is 470 g/mol. The minimum Gasteiger partial charge on any atom is -0.534 e. The first kappa shape index (κ1) is 24.1. The number of aliphatic hydroxyl groups is 1. The van der Waals surface area contributed by atoms with Crippen LogP contribution in [-0.4, -0.2) is 94.9 Å². The van der Waals surface area contributed by atoms with Gasteiger partial charge in [0.2, 0.25) is 0 Å². The molecule has 1 spiro atoms. The molecule has 0 aromatic heterocycles. The molecule has 1 aromatic rings. The molecule has 4 rings (SSSR count). The van der Waals surface area contributed by atoms with Crippen LogP contribution in [0.2, 0.25) is 0 Å². The number of benzene rings is 1. The van der Waals surface area contributed by atoms with E-state index in [2.05, 4.69) is 5.32 Å². The van der Waals surface area contributed by atoms with Gasteiger partial charge in [-0.2, -0.15) is 0 Å². The molecule has 3 aliphatic heterocycles. The number of methoxy groups -OCH3 is 1. The smallest absolute Gasteiger partial charge is 0.534 e. The predicted molar refractivity (Wildman–Crippen MR) is 114 cm³/mol. The fourth-order valence-corrected chi connectivity index (χ4v) is 4.60. The molecule has 0 unspecified atom stereocenters. The number of imide groups is 1. The number of ether oxygens (including phenoxy) is 1. The summed E-state index contributed by atoms with van der Waals surface area (Å²) >= 11 is 0. The molecule has 174 valence electrons. The maximum absolute atomic E-state index is 13.3. The number of nitrogens with one attached hydrogen (secondary N) is 1. The van der Waals surface area contributed by atoms with Crippen molar-refractivity contribution in [1.82, 2.24) is 15.1 Å². The first-order chi connectivity index (χ1) is 14.8. The maximum Gasteiger partial charge on any atom is 0.547 e. The Morgan fingerprint density at radius 3 is 2.62 bits per heavy atom. The molecule has 0 aliphatic carbocycles. The van der Waals surface area contributed by atoms with Crippen LogP contribution in [0.1, 0.15) is 28.8 Å². The summed E-state index contributed by atoms with van der Waals surface area (Å²) in [6, 6.07) is 2.47. The van der Waals surface area contributed by atoms with Gasteiger partial charge in [-0.3, -0.25) is 9.69 Å². The maximum atomic E-state index is 13.3. The van der Waals surface area contributed by atoms with Gasteiger partial charge < -0.3 is 34.8 Å². The monoisotopic (exact) mass is 469 g/mol. The van der Waals surface area contributed by atoms with Gasteiger partial charge in [-0.1, -0.05) is 6.07 Å². The summed E-state index contributed by atoms with van der Waals surface area (Å²) in [6.45, 7) is 1.63. The highest BCUT2D eigenvalue weighted by Gasteiger charge is 2.57. The highest BCUT2D eigenvalue weighted by molar-refractivity contribution is 6.47. The number of fused-ring (bicyclic) bond motifs is 1. The van der Waals surface area contributed by atoms with Gasteiger partial charge in [-0.05, 0) is 30.9 Å². The van der Waals surface area contributed by atoms with Gasteiger partial charge in [0.1, 0.15) is 22.6 Å². The first-order valence-corrected chi connectivity index (χ1v) is 10.1. The fourth-order valence-electron chi connectivity index (χ4n) is 4.60. The Morgan fingerprint density at radius 1 is 1.34 bits per heavy atom. The number of carboxylic acids is 1. The van der Waals surface area contributed by atoms with Crippen LogP contribution in [0.5, 0.6) is 11.5 Å². The number of β-amino-alcohol motifs (C(OH)–C–C–N with tert-alkyl or cyclic N) is 1. The van der Waals surface area contributed by atoms with Gasteiger partial charge >= 0.3 is 19.1 Å². The minimum absolute atomic E-state index is 0. The Hall–Kier alpha value is -2.54. The molecule has 0 saturated carbocycles. The fraction of sp³-hybridized carbons (Fsp3) is 0.526. The summed E-state index contributed by atoms with van der Waals surface area (Å²) < 4.78 is 10.6. The molecule has 32 heavy (non-hydrogen) atoms. The van der Waals surface area contributed by atoms with Crippen LogP contribution in [-0.2, 0) is 11.2 Å². The number of piperidine rings is 1. The standard InChI is InChI=1S/C19H24BN3O8.ClH/c1-30-12-3-2-11-10-13(20(29)31-15(11)14(12)16(25)26)23-17(27)19(21-18(23)28)4-6-22(7-5-19)8-9-24;/h2-3,13,24,29H,4-10H2,1H3,(H,21,28)(H,25,26);1H/t13-;/m0./s1. The second-order valence-corrected chi connectivity index (χ2v) is 7.97. The Bertz CT molecular complexity index is 924. The van der Waals surface area contributed by atoms with E-state index in [0.29, 0.717) is 38.0 Å². The van der Waals surface area contributed by atoms with E-state index in [4.69, 9.17) is 14.5 Å². The highest BCUT2D eigenvalue weighted by Crippen LogP contribution is 2.39. The highest BCUT2D eigenvalue weighted by atomic mass is 35.5. The lowest BCUT2D eigenvalue weighted by atomic mass is 9.71. The van der Waals surface area contributed by atoms with E-state index in [1.54, 1.807) is 6.07 Å². The van der Waals surface area contributed by atoms with Crippen LogP contribution in [0, 0.1) is 0 Å². The lowest BCUT2D eigenvalue weighted by Crippen LogP contribution is -2.58. The zero-order valence-corrected chi connectivity index (χ0v) is 18.3. The van der Waals surface area contributed by atoms with Gasteiger partial charge in [0.25, 0.3) is 5.91 Å². The minimum atomic E-state index is -1.59. The quantitative estimate of drug-likeness (QED) is 0.331. The van der Waals surface area contributed by atoms with Crippen LogP contribution in [0.15, 0.2) is 12.1 Å². The molecule has 1 atom stereocenters. The average Bonchev–Trinajstić information content (AvgIpc) is 2.97. The molecular weight excluding hydrogens is 444 g/mol. The Balaban J connectivity index is 0.00000289. The largest absolute Gasteiger partial charge is 0.547 e. The second kappa shape index (κ2) is 9.14. The molecule has 3 aliphatic rings. The van der Waals surface area contributed by atoms with Gasteiger partial charge in [0, 0.05) is 19.6 Å². The molecule has 0 radical (unpaired) electrons. The van der Waals surface area contributed by atoms with Crippen LogP contribution in [0.25, 0.3) is 0 Å². The summed E-state index contributed by atoms with van der Waals surface area (Å²) in [4.78, 5) is 40.7. The number of halogens is 1. The number of carbonyl (C=O) groups is 3. The van der Waals surface area contributed by atoms with Crippen molar-refractivity contribution in [2.45, 2.75) is 30.7 Å². The van der Waals surface area contributed by atoms with Crippen LogP contribution >= 0.6 is 12.4 Å². The molecule has 0 bridgehead atoms. The topological polar surface area (TPSA) is 149 Å². The summed E-state index contributed by atoms with van der Waals surface area (Å²) in [5.41, 5.74) is -0.815. The number of hydrogen-bond donors (Lipinski definition) is 4. The Morgan fingerprint density at radius 2 is 2.03 bits per heavy atom. The zero-order valence-electron chi connectivity index (χ0n) is 17.4. The van der Waals surface area contributed by atoms with E-state index < -0.39 is 36.5 Å². The van der Waals surface area contributed by atoms with Crippen molar-refractivity contribution >= 4 is 37.4 Å². The number of amides is 3. The Kier molecular flexibility index (Phi) is 6.89. The van der Waals surface area contributed by atoms with Gasteiger partial charge in [0.15, 0.2) is 0 Å². The summed E-state index contributed by atoms with van der Waals surface area (Å²) in [7, 11) is -0.258. The normalized spacial score (nSPS) is 22.2. The molecule has 4 N–H and O–H groups in total. The van der Waals surface area contributed by atoms with Gasteiger partial charge in [-0.25, -0.2) is 9.59 Å². The number of rotatable bonds is 5. The molecule has 13 heteroatoms. The summed E-state index contributed by atoms with van der Waals surface area (Å²) in [5, 5.41) is 32.0. The zero-order chi connectivity index (χ0) is 22.3. The van der Waals surface area contributed by atoms with Crippen molar-refractivity contribution in [3.8, 4) is 11.5 Å². The van der Waals surface area contributed by atoms with Crippen molar-refractivity contribution < 1.29 is 39.0 Å². The Labute approximate surface area is 190 Å².